The number of nitrogens with zero attached hydrogens (tertiary/aromatic N) is 2. The summed E-state index contributed by atoms with van der Waals surface area (Å²) in [6.07, 6.45) is 0. The van der Waals surface area contributed by atoms with E-state index < -0.39 is 16.7 Å². The fourth-order valence-corrected chi connectivity index (χ4v) is 2.70. The first-order chi connectivity index (χ1) is 12.3. The third-order valence-electron chi connectivity index (χ3n) is 3.56. The van der Waals surface area contributed by atoms with E-state index in [-0.39, 0.29) is 40.1 Å². The zero-order chi connectivity index (χ0) is 19.3. The van der Waals surface area contributed by atoms with Crippen LogP contribution in [0.4, 0.5) is 11.4 Å². The Morgan fingerprint density at radius 1 is 1.12 bits per heavy atom. The first kappa shape index (κ1) is 19.7. The number of non-ortho nitro benzene ring substituents is 1. The third kappa shape index (κ3) is 4.71. The number of nitrogens with one attached hydrogen (secondary N) is 1. The number of benzene rings is 2. The summed E-state index contributed by atoms with van der Waals surface area (Å²) in [5.74, 6) is -0.875. The summed E-state index contributed by atoms with van der Waals surface area (Å²) in [6, 6.07) is 10.0. The number of hydrogen-bond acceptors (Lipinski definition) is 4. The molecular formula is C17H15Cl2N3O4. The first-order valence-electron chi connectivity index (χ1n) is 7.61. The van der Waals surface area contributed by atoms with E-state index in [9.17, 15) is 19.7 Å². The lowest BCUT2D eigenvalue weighted by Crippen LogP contribution is -2.37. The Morgan fingerprint density at radius 2 is 1.69 bits per heavy atom. The van der Waals surface area contributed by atoms with Crippen LogP contribution in [0.25, 0.3) is 0 Å². The van der Waals surface area contributed by atoms with E-state index in [1.54, 1.807) is 25.1 Å². The standard InChI is InChI=1S/C17H15Cl2N3O4/c1-2-21(17(24)11-6-8-12(9-7-11)22(25)26)10-15(23)20-16-13(18)4-3-5-14(16)19/h3-9H,2,10H2,1H3,(H,20,23). The predicted octanol–water partition coefficient (Wildman–Crippen LogP) is 4.00. The Hall–Kier alpha value is -2.64. The van der Waals surface area contributed by atoms with Gasteiger partial charge in [0.05, 0.1) is 20.7 Å². The molecule has 0 radical (unpaired) electrons. The van der Waals surface area contributed by atoms with Crippen LogP contribution >= 0.6 is 23.2 Å². The van der Waals surface area contributed by atoms with E-state index >= 15 is 0 Å². The van der Waals surface area contributed by atoms with Gasteiger partial charge in [-0.1, -0.05) is 29.3 Å². The zero-order valence-electron chi connectivity index (χ0n) is 13.7. The summed E-state index contributed by atoms with van der Waals surface area (Å²) < 4.78 is 0. The minimum Gasteiger partial charge on any atom is -0.330 e. The summed E-state index contributed by atoms with van der Waals surface area (Å²) in [7, 11) is 0. The molecule has 0 fully saturated rings. The maximum Gasteiger partial charge on any atom is 0.269 e. The van der Waals surface area contributed by atoms with Crippen molar-refractivity contribution >= 4 is 46.4 Å². The molecule has 0 aromatic heterocycles. The van der Waals surface area contributed by atoms with E-state index in [1.807, 2.05) is 0 Å². The molecule has 0 unspecified atom stereocenters. The van der Waals surface area contributed by atoms with Gasteiger partial charge in [-0.2, -0.15) is 0 Å². The van der Waals surface area contributed by atoms with E-state index in [2.05, 4.69) is 5.32 Å². The minimum atomic E-state index is -0.549. The van der Waals surface area contributed by atoms with Crippen molar-refractivity contribution in [1.29, 1.82) is 0 Å². The molecule has 26 heavy (non-hydrogen) atoms. The normalized spacial score (nSPS) is 10.3. The highest BCUT2D eigenvalue weighted by Gasteiger charge is 2.19. The topological polar surface area (TPSA) is 92.6 Å². The molecule has 7 nitrogen and oxygen atoms in total. The Balaban J connectivity index is 2.09. The lowest BCUT2D eigenvalue weighted by molar-refractivity contribution is -0.384. The van der Waals surface area contributed by atoms with Gasteiger partial charge in [0.15, 0.2) is 0 Å². The molecule has 0 bridgehead atoms. The van der Waals surface area contributed by atoms with Crippen LogP contribution in [-0.2, 0) is 4.79 Å². The highest BCUT2D eigenvalue weighted by Crippen LogP contribution is 2.29. The molecule has 0 aliphatic carbocycles. The van der Waals surface area contributed by atoms with Gasteiger partial charge in [0.2, 0.25) is 5.91 Å². The summed E-state index contributed by atoms with van der Waals surface area (Å²) in [5.41, 5.74) is 0.413. The lowest BCUT2D eigenvalue weighted by atomic mass is 10.2. The van der Waals surface area contributed by atoms with Crippen LogP contribution in [-0.4, -0.2) is 34.7 Å². The van der Waals surface area contributed by atoms with E-state index in [1.165, 1.54) is 29.2 Å². The van der Waals surface area contributed by atoms with Crippen LogP contribution in [0.2, 0.25) is 10.0 Å². The van der Waals surface area contributed by atoms with E-state index in [0.29, 0.717) is 0 Å². The van der Waals surface area contributed by atoms with Gasteiger partial charge in [-0.05, 0) is 31.2 Å². The smallest absolute Gasteiger partial charge is 0.269 e. The summed E-state index contributed by atoms with van der Waals surface area (Å²) in [4.78, 5) is 36.2. The van der Waals surface area contributed by atoms with Gasteiger partial charge in [0.25, 0.3) is 11.6 Å². The molecule has 2 amide bonds. The molecule has 0 heterocycles. The highest BCUT2D eigenvalue weighted by atomic mass is 35.5. The van der Waals surface area contributed by atoms with Crippen LogP contribution in [0.3, 0.4) is 0 Å². The number of hydrogen-bond donors (Lipinski definition) is 1. The number of carbonyl (C=O) groups excluding carboxylic acids is 2. The van der Waals surface area contributed by atoms with Gasteiger partial charge in [-0.15, -0.1) is 0 Å². The van der Waals surface area contributed by atoms with E-state index in [0.717, 1.165) is 0 Å². The van der Waals surface area contributed by atoms with Crippen LogP contribution < -0.4 is 5.32 Å². The Bertz CT molecular complexity index is 820. The Labute approximate surface area is 159 Å². The largest absolute Gasteiger partial charge is 0.330 e. The zero-order valence-corrected chi connectivity index (χ0v) is 15.3. The molecule has 1 N–H and O–H groups in total. The second kappa shape index (κ2) is 8.64. The van der Waals surface area contributed by atoms with Crippen molar-refractivity contribution in [1.82, 2.24) is 4.90 Å². The molecule has 0 aliphatic heterocycles. The summed E-state index contributed by atoms with van der Waals surface area (Å²) in [5, 5.41) is 13.8. The molecule has 0 saturated carbocycles. The number of para-hydroxylation sites is 1. The fourth-order valence-electron chi connectivity index (χ4n) is 2.21. The first-order valence-corrected chi connectivity index (χ1v) is 8.36. The van der Waals surface area contributed by atoms with Gasteiger partial charge < -0.3 is 10.2 Å². The number of amides is 2. The monoisotopic (exact) mass is 395 g/mol. The van der Waals surface area contributed by atoms with Crippen molar-refractivity contribution in [2.24, 2.45) is 0 Å². The number of nitro groups is 1. The summed E-state index contributed by atoms with van der Waals surface area (Å²) in [6.45, 7) is 1.78. The second-order valence-electron chi connectivity index (χ2n) is 5.27. The number of carbonyl (C=O) groups is 2. The fraction of sp³-hybridized carbons (Fsp3) is 0.176. The SMILES string of the molecule is CCN(CC(=O)Nc1c(Cl)cccc1Cl)C(=O)c1ccc([N+](=O)[O-])cc1. The number of likely N-dealkylation sites (N-methyl/N-ethyl adjacent to an activating group) is 1. The average Bonchev–Trinajstić information content (AvgIpc) is 2.62. The summed E-state index contributed by atoms with van der Waals surface area (Å²) >= 11 is 12.0. The number of anilines is 1. The van der Waals surface area contributed by atoms with Crippen LogP contribution in [0.15, 0.2) is 42.5 Å². The van der Waals surface area contributed by atoms with Crippen LogP contribution in [0.5, 0.6) is 0 Å². The Morgan fingerprint density at radius 3 is 2.19 bits per heavy atom. The lowest BCUT2D eigenvalue weighted by Gasteiger charge is -2.20. The maximum atomic E-state index is 12.5. The van der Waals surface area contributed by atoms with Crippen molar-refractivity contribution in [3.8, 4) is 0 Å². The van der Waals surface area contributed by atoms with Crippen LogP contribution in [0, 0.1) is 10.1 Å². The molecular weight excluding hydrogens is 381 g/mol. The number of nitro benzene ring substituents is 1. The van der Waals surface area contributed by atoms with Gasteiger partial charge in [0, 0.05) is 24.2 Å². The van der Waals surface area contributed by atoms with Crippen molar-refractivity contribution in [2.45, 2.75) is 6.92 Å². The molecule has 9 heteroatoms. The van der Waals surface area contributed by atoms with Gasteiger partial charge in [-0.25, -0.2) is 0 Å². The Kier molecular flexibility index (Phi) is 6.54. The average molecular weight is 396 g/mol. The molecule has 0 saturated heterocycles. The van der Waals surface area contributed by atoms with Crippen molar-refractivity contribution in [3.63, 3.8) is 0 Å². The number of rotatable bonds is 6. The molecule has 136 valence electrons. The van der Waals surface area contributed by atoms with E-state index in [4.69, 9.17) is 23.2 Å². The van der Waals surface area contributed by atoms with Crippen molar-refractivity contribution in [3.05, 3.63) is 68.2 Å². The molecule has 0 aliphatic rings. The molecule has 0 spiro atoms. The van der Waals surface area contributed by atoms with Crippen LogP contribution in [0.1, 0.15) is 17.3 Å². The van der Waals surface area contributed by atoms with Crippen molar-refractivity contribution in [2.75, 3.05) is 18.4 Å². The predicted molar refractivity (Wildman–Crippen MR) is 99.8 cm³/mol. The van der Waals surface area contributed by atoms with Crippen molar-refractivity contribution < 1.29 is 14.5 Å². The maximum absolute atomic E-state index is 12.5. The molecule has 2 aromatic carbocycles. The van der Waals surface area contributed by atoms with Gasteiger partial charge in [0.1, 0.15) is 6.54 Å². The van der Waals surface area contributed by atoms with Gasteiger partial charge >= 0.3 is 0 Å². The molecule has 0 atom stereocenters. The molecule has 2 rings (SSSR count). The molecule has 2 aromatic rings. The minimum absolute atomic E-state index is 0.115. The quantitative estimate of drug-likeness (QED) is 0.590. The second-order valence-corrected chi connectivity index (χ2v) is 6.08. The van der Waals surface area contributed by atoms with Gasteiger partial charge in [-0.3, -0.25) is 19.7 Å². The highest BCUT2D eigenvalue weighted by molar-refractivity contribution is 6.39. The third-order valence-corrected chi connectivity index (χ3v) is 4.19. The number of halogens is 2.